The first-order valence-electron chi connectivity index (χ1n) is 7.63. The zero-order valence-electron chi connectivity index (χ0n) is 14.2. The molecule has 0 atom stereocenters. The molecule has 1 amide bonds. The van der Waals surface area contributed by atoms with E-state index in [1.54, 1.807) is 26.3 Å². The normalized spacial score (nSPS) is 11.6. The van der Waals surface area contributed by atoms with Gasteiger partial charge in [0.15, 0.2) is 0 Å². The predicted octanol–water partition coefficient (Wildman–Crippen LogP) is 5.04. The van der Waals surface area contributed by atoms with Crippen LogP contribution in [0.4, 0.5) is 13.2 Å². The van der Waals surface area contributed by atoms with Crippen molar-refractivity contribution in [3.8, 4) is 5.75 Å². The molecule has 0 saturated heterocycles. The van der Waals surface area contributed by atoms with Gasteiger partial charge >= 0.3 is 6.18 Å². The number of nitrogens with zero attached hydrogens (tertiary/aromatic N) is 1. The molecule has 2 aromatic carbocycles. The topological polar surface area (TPSA) is 29.5 Å². The number of carbonyl (C=O) groups is 1. The monoisotopic (exact) mass is 383 g/mol. The van der Waals surface area contributed by atoms with Crippen molar-refractivity contribution in [2.24, 2.45) is 0 Å². The van der Waals surface area contributed by atoms with E-state index in [0.717, 1.165) is 23.8 Å². The third kappa shape index (κ3) is 5.26. The second kappa shape index (κ2) is 8.27. The van der Waals surface area contributed by atoms with Gasteiger partial charge in [-0.15, -0.1) is 0 Å². The van der Waals surface area contributed by atoms with Crippen LogP contribution < -0.4 is 4.74 Å². The second-order valence-corrected chi connectivity index (χ2v) is 6.02. The highest BCUT2D eigenvalue weighted by Crippen LogP contribution is 2.32. The summed E-state index contributed by atoms with van der Waals surface area (Å²) in [6.07, 6.45) is -1.99. The van der Waals surface area contributed by atoms with Crippen molar-refractivity contribution in [3.63, 3.8) is 0 Å². The number of amides is 1. The average molecular weight is 384 g/mol. The minimum absolute atomic E-state index is 0.132. The molecule has 0 fully saturated rings. The molecular formula is C19H17ClF3NO2. The molecule has 2 rings (SSSR count). The lowest BCUT2D eigenvalue weighted by Crippen LogP contribution is -2.24. The van der Waals surface area contributed by atoms with Crippen molar-refractivity contribution in [3.05, 3.63) is 70.3 Å². The lowest BCUT2D eigenvalue weighted by molar-refractivity contribution is -0.137. The molecule has 26 heavy (non-hydrogen) atoms. The first kappa shape index (κ1) is 19.8. The van der Waals surface area contributed by atoms with Crippen molar-refractivity contribution < 1.29 is 22.7 Å². The largest absolute Gasteiger partial charge is 0.497 e. The molecule has 0 saturated carbocycles. The quantitative estimate of drug-likeness (QED) is 0.677. The van der Waals surface area contributed by atoms with Crippen LogP contribution in [0.1, 0.15) is 16.7 Å². The third-order valence-electron chi connectivity index (χ3n) is 3.68. The number of ether oxygens (including phenoxy) is 1. The van der Waals surface area contributed by atoms with Crippen LogP contribution in [-0.4, -0.2) is 25.0 Å². The van der Waals surface area contributed by atoms with E-state index in [-0.39, 0.29) is 16.5 Å². The number of rotatable bonds is 5. The molecule has 0 unspecified atom stereocenters. The molecule has 2 aromatic rings. The summed E-state index contributed by atoms with van der Waals surface area (Å²) >= 11 is 5.91. The maximum absolute atomic E-state index is 12.8. The van der Waals surface area contributed by atoms with Gasteiger partial charge in [0, 0.05) is 24.7 Å². The van der Waals surface area contributed by atoms with Gasteiger partial charge in [-0.25, -0.2) is 0 Å². The predicted molar refractivity (Wildman–Crippen MR) is 95.0 cm³/mol. The molecule has 0 heterocycles. The van der Waals surface area contributed by atoms with Crippen LogP contribution in [0, 0.1) is 0 Å². The van der Waals surface area contributed by atoms with Crippen molar-refractivity contribution in [1.29, 1.82) is 0 Å². The molecule has 138 valence electrons. The van der Waals surface area contributed by atoms with Crippen molar-refractivity contribution >= 4 is 23.6 Å². The minimum atomic E-state index is -4.47. The van der Waals surface area contributed by atoms with Gasteiger partial charge in [0.05, 0.1) is 12.7 Å². The van der Waals surface area contributed by atoms with Crippen LogP contribution in [-0.2, 0) is 17.5 Å². The number of carbonyl (C=O) groups excluding carboxylic acids is 1. The Bertz CT molecular complexity index is 801. The van der Waals surface area contributed by atoms with Crippen LogP contribution >= 0.6 is 11.6 Å². The Labute approximate surface area is 154 Å². The maximum atomic E-state index is 12.8. The number of methoxy groups -OCH3 is 1. The average Bonchev–Trinajstić information content (AvgIpc) is 2.60. The van der Waals surface area contributed by atoms with Crippen LogP contribution in [0.5, 0.6) is 5.75 Å². The minimum Gasteiger partial charge on any atom is -0.497 e. The van der Waals surface area contributed by atoms with E-state index in [4.69, 9.17) is 16.3 Å². The Morgan fingerprint density at radius 2 is 1.85 bits per heavy atom. The molecule has 0 aromatic heterocycles. The summed E-state index contributed by atoms with van der Waals surface area (Å²) in [5, 5.41) is 0.139. The van der Waals surface area contributed by atoms with E-state index in [2.05, 4.69) is 0 Å². The SMILES string of the molecule is COc1ccc(CN(C)C(=O)/C=C/c2cc(C(F)(F)F)ccc2Cl)cc1. The summed E-state index contributed by atoms with van der Waals surface area (Å²) in [7, 11) is 3.17. The van der Waals surface area contributed by atoms with Gasteiger partial charge in [-0.05, 0) is 47.5 Å². The van der Waals surface area contributed by atoms with E-state index < -0.39 is 11.7 Å². The number of alkyl halides is 3. The molecule has 0 spiro atoms. The number of hydrogen-bond acceptors (Lipinski definition) is 2. The van der Waals surface area contributed by atoms with E-state index in [9.17, 15) is 18.0 Å². The molecule has 0 aliphatic carbocycles. The fraction of sp³-hybridized carbons (Fsp3) is 0.211. The van der Waals surface area contributed by atoms with Crippen molar-refractivity contribution in [2.75, 3.05) is 14.2 Å². The van der Waals surface area contributed by atoms with E-state index in [0.29, 0.717) is 12.3 Å². The molecule has 0 radical (unpaired) electrons. The first-order chi connectivity index (χ1) is 12.2. The van der Waals surface area contributed by atoms with Crippen LogP contribution in [0.15, 0.2) is 48.5 Å². The smallest absolute Gasteiger partial charge is 0.416 e. The molecule has 3 nitrogen and oxygen atoms in total. The Morgan fingerprint density at radius 1 is 1.19 bits per heavy atom. The molecule has 0 bridgehead atoms. The van der Waals surface area contributed by atoms with Crippen LogP contribution in [0.2, 0.25) is 5.02 Å². The van der Waals surface area contributed by atoms with E-state index >= 15 is 0 Å². The Balaban J connectivity index is 2.08. The summed E-state index contributed by atoms with van der Waals surface area (Å²) in [6.45, 7) is 0.351. The Hall–Kier alpha value is -2.47. The van der Waals surface area contributed by atoms with Gasteiger partial charge in [0.1, 0.15) is 5.75 Å². The highest BCUT2D eigenvalue weighted by atomic mass is 35.5. The highest BCUT2D eigenvalue weighted by molar-refractivity contribution is 6.32. The van der Waals surface area contributed by atoms with E-state index in [1.807, 2.05) is 12.1 Å². The van der Waals surface area contributed by atoms with Crippen LogP contribution in [0.3, 0.4) is 0 Å². The zero-order valence-corrected chi connectivity index (χ0v) is 14.9. The number of halogens is 4. The van der Waals surface area contributed by atoms with Gasteiger partial charge in [-0.1, -0.05) is 23.7 Å². The lowest BCUT2D eigenvalue weighted by atomic mass is 10.1. The molecule has 0 aliphatic heterocycles. The Morgan fingerprint density at radius 3 is 2.42 bits per heavy atom. The summed E-state index contributed by atoms with van der Waals surface area (Å²) < 4.78 is 43.4. The molecular weight excluding hydrogens is 367 g/mol. The van der Waals surface area contributed by atoms with Crippen molar-refractivity contribution in [2.45, 2.75) is 12.7 Å². The fourth-order valence-corrected chi connectivity index (χ4v) is 2.40. The standard InChI is InChI=1S/C19H17ClF3NO2/c1-24(12-13-3-7-16(26-2)8-4-13)18(25)10-5-14-11-15(19(21,22)23)6-9-17(14)20/h3-11H,12H2,1-2H3/b10-5+. The number of hydrogen-bond donors (Lipinski definition) is 0. The van der Waals surface area contributed by atoms with Crippen molar-refractivity contribution in [1.82, 2.24) is 4.90 Å². The van der Waals surface area contributed by atoms with Gasteiger partial charge in [-0.3, -0.25) is 4.79 Å². The summed E-state index contributed by atoms with van der Waals surface area (Å²) in [5.41, 5.74) is 0.209. The molecule has 7 heteroatoms. The molecule has 0 aliphatic rings. The van der Waals surface area contributed by atoms with Gasteiger partial charge in [-0.2, -0.15) is 13.2 Å². The van der Waals surface area contributed by atoms with Crippen LogP contribution in [0.25, 0.3) is 6.08 Å². The Kier molecular flexibility index (Phi) is 6.32. The van der Waals surface area contributed by atoms with Gasteiger partial charge in [0.2, 0.25) is 5.91 Å². The summed E-state index contributed by atoms with van der Waals surface area (Å²) in [4.78, 5) is 13.6. The summed E-state index contributed by atoms with van der Waals surface area (Å²) in [5.74, 6) is 0.358. The lowest BCUT2D eigenvalue weighted by Gasteiger charge is -2.15. The number of likely N-dealkylation sites (N-methyl/N-ethyl adjacent to an activating group) is 1. The first-order valence-corrected chi connectivity index (χ1v) is 8.01. The number of benzene rings is 2. The summed E-state index contributed by atoms with van der Waals surface area (Å²) in [6, 6.07) is 10.2. The van der Waals surface area contributed by atoms with E-state index in [1.165, 1.54) is 17.1 Å². The highest BCUT2D eigenvalue weighted by Gasteiger charge is 2.30. The maximum Gasteiger partial charge on any atom is 0.416 e. The molecule has 0 N–H and O–H groups in total. The van der Waals surface area contributed by atoms with Gasteiger partial charge in [0.25, 0.3) is 0 Å². The zero-order chi connectivity index (χ0) is 19.3. The van der Waals surface area contributed by atoms with Gasteiger partial charge < -0.3 is 9.64 Å². The third-order valence-corrected chi connectivity index (χ3v) is 4.03. The second-order valence-electron chi connectivity index (χ2n) is 5.61. The fourth-order valence-electron chi connectivity index (χ4n) is 2.22.